The van der Waals surface area contributed by atoms with Gasteiger partial charge in [0.15, 0.2) is 0 Å². The van der Waals surface area contributed by atoms with Crippen molar-refractivity contribution in [1.82, 2.24) is 9.97 Å². The largest absolute Gasteiger partial charge is 0.455 e. The van der Waals surface area contributed by atoms with Crippen molar-refractivity contribution in [1.29, 1.82) is 0 Å². The van der Waals surface area contributed by atoms with E-state index < -0.39 is 0 Å². The van der Waals surface area contributed by atoms with E-state index in [0.717, 1.165) is 77.3 Å². The van der Waals surface area contributed by atoms with Crippen LogP contribution in [0.3, 0.4) is 0 Å². The summed E-state index contributed by atoms with van der Waals surface area (Å²) in [5, 5.41) is 6.94. The topological polar surface area (TPSA) is 38.9 Å². The van der Waals surface area contributed by atoms with Crippen LogP contribution in [0.5, 0.6) is 0 Å². The number of hydrogen-bond acceptors (Lipinski definition) is 3. The summed E-state index contributed by atoms with van der Waals surface area (Å²) >= 11 is 0. The van der Waals surface area contributed by atoms with Crippen molar-refractivity contribution in [2.75, 3.05) is 0 Å². The highest BCUT2D eigenvalue weighted by Gasteiger charge is 2.14. The average Bonchev–Trinajstić information content (AvgIpc) is 3.47. The van der Waals surface area contributed by atoms with Crippen LogP contribution in [0.15, 0.2) is 150 Å². The molecule has 0 bridgehead atoms. The minimum absolute atomic E-state index is 0.866. The molecule has 0 unspecified atom stereocenters. The zero-order valence-corrected chi connectivity index (χ0v) is 23.2. The van der Waals surface area contributed by atoms with Gasteiger partial charge in [0.25, 0.3) is 0 Å². The first-order valence-corrected chi connectivity index (χ1v) is 14.5. The fourth-order valence-corrected chi connectivity index (χ4v) is 6.44. The first-order chi connectivity index (χ1) is 21.3. The maximum Gasteiger partial charge on any atom is 0.143 e. The maximum atomic E-state index is 6.32. The molecule has 0 saturated carbocycles. The summed E-state index contributed by atoms with van der Waals surface area (Å²) in [4.78, 5) is 10.1. The predicted molar refractivity (Wildman–Crippen MR) is 178 cm³/mol. The third-order valence-corrected chi connectivity index (χ3v) is 8.52. The molecule has 0 atom stereocenters. The van der Waals surface area contributed by atoms with Gasteiger partial charge < -0.3 is 4.42 Å². The Labute approximate surface area is 247 Å². The molecule has 0 aliphatic heterocycles. The van der Waals surface area contributed by atoms with Crippen LogP contribution in [0.25, 0.3) is 88.0 Å². The van der Waals surface area contributed by atoms with Crippen LogP contribution in [0.1, 0.15) is 0 Å². The Morgan fingerprint density at radius 3 is 1.81 bits per heavy atom. The minimum Gasteiger partial charge on any atom is -0.455 e. The highest BCUT2D eigenvalue weighted by Crippen LogP contribution is 2.38. The summed E-state index contributed by atoms with van der Waals surface area (Å²) in [6.07, 6.45) is 1.90. The predicted octanol–water partition coefficient (Wildman–Crippen LogP) is 10.8. The molecule has 9 aromatic rings. The van der Waals surface area contributed by atoms with Crippen LogP contribution in [0, 0.1) is 0 Å². The summed E-state index contributed by atoms with van der Waals surface area (Å²) in [5.74, 6) is 0. The van der Waals surface area contributed by atoms with Gasteiger partial charge in [-0.2, -0.15) is 0 Å². The van der Waals surface area contributed by atoms with Crippen molar-refractivity contribution >= 4 is 54.5 Å². The molecule has 43 heavy (non-hydrogen) atoms. The molecule has 7 aromatic carbocycles. The summed E-state index contributed by atoms with van der Waals surface area (Å²) < 4.78 is 6.32. The van der Waals surface area contributed by atoms with E-state index in [0.29, 0.717) is 0 Å². The van der Waals surface area contributed by atoms with E-state index in [1.54, 1.807) is 0 Å². The van der Waals surface area contributed by atoms with Gasteiger partial charge in [-0.15, -0.1) is 0 Å². The normalized spacial score (nSPS) is 11.7. The second kappa shape index (κ2) is 9.37. The third-order valence-electron chi connectivity index (χ3n) is 8.52. The Morgan fingerprint density at radius 1 is 0.419 bits per heavy atom. The van der Waals surface area contributed by atoms with Gasteiger partial charge in [-0.25, -0.2) is 4.98 Å². The molecule has 0 aliphatic carbocycles. The SMILES string of the molecule is c1cc(-c2ccc(-c3cnc4c5ccccc5c5ccccc5c4n3)cc2)cc(-c2cccc3c2oc2ccccc23)c1. The standard InChI is InChI=1S/C40H24N2O/c1-3-14-33-30(11-1)31-12-2-4-15-34(31)39-38(33)41-24-36(42-39)26-21-19-25(20-22-26)27-9-7-10-28(23-27)29-16-8-17-35-32-13-5-6-18-37(32)43-40(29)35/h1-24H. The maximum absolute atomic E-state index is 6.32. The highest BCUT2D eigenvalue weighted by molar-refractivity contribution is 6.23. The number of nitrogens with zero attached hydrogens (tertiary/aromatic N) is 2. The van der Waals surface area contributed by atoms with Crippen LogP contribution in [0.2, 0.25) is 0 Å². The molecule has 0 N–H and O–H groups in total. The Bertz CT molecular complexity index is 2470. The molecule has 9 rings (SSSR count). The molecule has 200 valence electrons. The van der Waals surface area contributed by atoms with Crippen LogP contribution in [-0.2, 0) is 0 Å². The third kappa shape index (κ3) is 3.75. The lowest BCUT2D eigenvalue weighted by molar-refractivity contribution is 0.670. The molecule has 2 aromatic heterocycles. The fourth-order valence-electron chi connectivity index (χ4n) is 6.44. The molecule has 0 radical (unpaired) electrons. The molecule has 3 heteroatoms. The number of furan rings is 1. The zero-order chi connectivity index (χ0) is 28.3. The van der Waals surface area contributed by atoms with E-state index in [-0.39, 0.29) is 0 Å². The van der Waals surface area contributed by atoms with Gasteiger partial charge in [0.05, 0.1) is 22.9 Å². The Morgan fingerprint density at radius 2 is 1.02 bits per heavy atom. The number of rotatable bonds is 3. The highest BCUT2D eigenvalue weighted by atomic mass is 16.3. The van der Waals surface area contributed by atoms with E-state index in [9.17, 15) is 0 Å². The van der Waals surface area contributed by atoms with E-state index in [2.05, 4.69) is 127 Å². The summed E-state index contributed by atoms with van der Waals surface area (Å²) in [5.41, 5.74) is 10.1. The molecule has 0 spiro atoms. The smallest absolute Gasteiger partial charge is 0.143 e. The summed E-state index contributed by atoms with van der Waals surface area (Å²) in [6, 6.07) is 48.8. The van der Waals surface area contributed by atoms with Crippen molar-refractivity contribution in [2.24, 2.45) is 0 Å². The molecular formula is C40H24N2O. The zero-order valence-electron chi connectivity index (χ0n) is 23.2. The van der Waals surface area contributed by atoms with Gasteiger partial charge in [-0.1, -0.05) is 127 Å². The van der Waals surface area contributed by atoms with Gasteiger partial charge in [0, 0.05) is 32.7 Å². The summed E-state index contributed by atoms with van der Waals surface area (Å²) in [7, 11) is 0. The number of benzene rings is 7. The van der Waals surface area contributed by atoms with Gasteiger partial charge in [-0.3, -0.25) is 4.98 Å². The lowest BCUT2D eigenvalue weighted by Crippen LogP contribution is -1.92. The molecule has 0 aliphatic rings. The Kier molecular flexibility index (Phi) is 5.20. The van der Waals surface area contributed by atoms with E-state index in [1.807, 2.05) is 18.3 Å². The monoisotopic (exact) mass is 548 g/mol. The van der Waals surface area contributed by atoms with Gasteiger partial charge in [0.2, 0.25) is 0 Å². The van der Waals surface area contributed by atoms with Crippen molar-refractivity contribution < 1.29 is 4.42 Å². The van der Waals surface area contributed by atoms with Gasteiger partial charge in [0.1, 0.15) is 11.2 Å². The van der Waals surface area contributed by atoms with Crippen LogP contribution < -0.4 is 0 Å². The number of fused-ring (bicyclic) bond motifs is 9. The van der Waals surface area contributed by atoms with E-state index in [1.165, 1.54) is 10.8 Å². The Hall–Kier alpha value is -5.80. The second-order valence-corrected chi connectivity index (χ2v) is 11.0. The van der Waals surface area contributed by atoms with Crippen molar-refractivity contribution in [3.63, 3.8) is 0 Å². The molecule has 0 saturated heterocycles. The van der Waals surface area contributed by atoms with E-state index in [4.69, 9.17) is 14.4 Å². The van der Waals surface area contributed by atoms with Crippen molar-refractivity contribution in [3.8, 4) is 33.5 Å². The molecule has 2 heterocycles. The second-order valence-electron chi connectivity index (χ2n) is 11.0. The van der Waals surface area contributed by atoms with Crippen LogP contribution >= 0.6 is 0 Å². The van der Waals surface area contributed by atoms with Crippen LogP contribution in [0.4, 0.5) is 0 Å². The molecular weight excluding hydrogens is 524 g/mol. The lowest BCUT2D eigenvalue weighted by atomic mass is 9.97. The number of aromatic nitrogens is 2. The average molecular weight is 549 g/mol. The van der Waals surface area contributed by atoms with Crippen molar-refractivity contribution in [2.45, 2.75) is 0 Å². The molecule has 3 nitrogen and oxygen atoms in total. The van der Waals surface area contributed by atoms with Crippen molar-refractivity contribution in [3.05, 3.63) is 146 Å². The minimum atomic E-state index is 0.866. The van der Waals surface area contributed by atoms with Gasteiger partial charge >= 0.3 is 0 Å². The molecule has 0 fully saturated rings. The first kappa shape index (κ1) is 23.9. The number of hydrogen-bond donors (Lipinski definition) is 0. The van der Waals surface area contributed by atoms with Gasteiger partial charge in [-0.05, 0) is 39.6 Å². The van der Waals surface area contributed by atoms with Crippen LogP contribution in [-0.4, -0.2) is 9.97 Å². The quantitative estimate of drug-likeness (QED) is 0.206. The van der Waals surface area contributed by atoms with E-state index >= 15 is 0 Å². The first-order valence-electron chi connectivity index (χ1n) is 14.5. The lowest BCUT2D eigenvalue weighted by Gasteiger charge is -2.11. The fraction of sp³-hybridized carbons (Fsp3) is 0. The number of para-hydroxylation sites is 2. The summed E-state index contributed by atoms with van der Waals surface area (Å²) in [6.45, 7) is 0. The Balaban J connectivity index is 1.11. The molecule has 0 amide bonds.